The van der Waals surface area contributed by atoms with E-state index in [1.807, 2.05) is 6.92 Å². The van der Waals surface area contributed by atoms with Crippen LogP contribution in [0.25, 0.3) is 5.69 Å². The second kappa shape index (κ2) is 10.3. The highest BCUT2D eigenvalue weighted by atomic mass is 35.5. The third kappa shape index (κ3) is 5.16. The van der Waals surface area contributed by atoms with Crippen LogP contribution in [0.5, 0.6) is 5.75 Å². The largest absolute Gasteiger partial charge is 0.496 e. The van der Waals surface area contributed by atoms with Crippen molar-refractivity contribution in [3.63, 3.8) is 0 Å². The predicted octanol–water partition coefficient (Wildman–Crippen LogP) is 4.12. The molecule has 0 amide bonds. The number of benzene rings is 2. The molecular weight excluding hydrogens is 543 g/mol. The number of aliphatic carboxylic acids is 1. The number of alkyl halides is 3. The first-order valence-electron chi connectivity index (χ1n) is 11.7. The normalized spacial score (nSPS) is 16.9. The van der Waals surface area contributed by atoms with Crippen molar-refractivity contribution in [3.8, 4) is 11.4 Å². The Morgan fingerprint density at radius 2 is 1.97 bits per heavy atom. The number of hydrogen-bond donors (Lipinski definition) is 1. The molecule has 0 unspecified atom stereocenters. The number of carboxylic acid groups (broad SMARTS) is 1. The Bertz CT molecular complexity index is 1540. The molecule has 2 aromatic heterocycles. The lowest BCUT2D eigenvalue weighted by atomic mass is 9.95. The van der Waals surface area contributed by atoms with Crippen molar-refractivity contribution >= 4 is 17.6 Å². The van der Waals surface area contributed by atoms with E-state index >= 15 is 0 Å². The number of hydrogen-bond acceptors (Lipinski definition) is 8. The van der Waals surface area contributed by atoms with E-state index in [0.717, 1.165) is 14.9 Å². The summed E-state index contributed by atoms with van der Waals surface area (Å²) < 4.78 is 55.2. The highest BCUT2D eigenvalue weighted by Crippen LogP contribution is 2.44. The Hall–Kier alpha value is -4.04. The van der Waals surface area contributed by atoms with Gasteiger partial charge in [0.2, 0.25) is 5.82 Å². The number of carbonyl (C=O) groups is 1. The summed E-state index contributed by atoms with van der Waals surface area (Å²) in [6.07, 6.45) is -7.02. The summed E-state index contributed by atoms with van der Waals surface area (Å²) in [4.78, 5) is 12.0. The number of nitrogens with zero attached hydrogens (tertiary/aromatic N) is 7. The summed E-state index contributed by atoms with van der Waals surface area (Å²) in [7, 11) is 1.52. The van der Waals surface area contributed by atoms with Crippen LogP contribution in [0.2, 0.25) is 5.02 Å². The molecule has 2 aromatic carbocycles. The van der Waals surface area contributed by atoms with Crippen LogP contribution in [0.1, 0.15) is 52.8 Å². The van der Waals surface area contributed by atoms with Crippen molar-refractivity contribution in [3.05, 3.63) is 75.6 Å². The predicted molar refractivity (Wildman–Crippen MR) is 129 cm³/mol. The number of methoxy groups -OCH3 is 1. The second-order valence-corrected chi connectivity index (χ2v) is 9.19. The molecule has 0 fully saturated rings. The maximum Gasteiger partial charge on any atom is 0.452 e. The van der Waals surface area contributed by atoms with Crippen LogP contribution in [0, 0.1) is 6.92 Å². The molecule has 204 valence electrons. The Morgan fingerprint density at radius 3 is 2.69 bits per heavy atom. The lowest BCUT2D eigenvalue weighted by molar-refractivity contribution is -0.146. The Kier molecular flexibility index (Phi) is 6.99. The van der Waals surface area contributed by atoms with Crippen molar-refractivity contribution in [1.82, 2.24) is 35.0 Å². The molecule has 0 bridgehead atoms. The van der Waals surface area contributed by atoms with E-state index in [1.54, 1.807) is 24.3 Å². The topological polar surface area (TPSA) is 130 Å². The molecular formula is C24H21ClF3N7O4. The van der Waals surface area contributed by atoms with E-state index < -0.39 is 30.2 Å². The Labute approximate surface area is 224 Å². The molecule has 0 aliphatic carbocycles. The average molecular weight is 564 g/mol. The first kappa shape index (κ1) is 26.6. The highest BCUT2D eigenvalue weighted by Gasteiger charge is 2.43. The van der Waals surface area contributed by atoms with Gasteiger partial charge in [-0.05, 0) is 47.5 Å². The number of tetrazole rings is 1. The van der Waals surface area contributed by atoms with Crippen LogP contribution in [-0.2, 0) is 28.7 Å². The average Bonchev–Trinajstić information content (AvgIpc) is 3.50. The number of carboxylic acids is 1. The molecule has 2 atom stereocenters. The fraction of sp³-hybridized carbons (Fsp3) is 0.333. The monoisotopic (exact) mass is 563 g/mol. The highest BCUT2D eigenvalue weighted by molar-refractivity contribution is 6.30. The molecule has 0 spiro atoms. The minimum Gasteiger partial charge on any atom is -0.496 e. The number of aromatic nitrogens is 7. The number of aryl methyl sites for hydroxylation is 1. The van der Waals surface area contributed by atoms with Gasteiger partial charge in [-0.15, -0.1) is 20.4 Å². The van der Waals surface area contributed by atoms with Gasteiger partial charge in [0.25, 0.3) is 0 Å². The molecule has 0 saturated carbocycles. The van der Waals surface area contributed by atoms with Crippen molar-refractivity contribution in [1.29, 1.82) is 0 Å². The van der Waals surface area contributed by atoms with Gasteiger partial charge in [0.15, 0.2) is 11.6 Å². The van der Waals surface area contributed by atoms with Crippen molar-refractivity contribution in [2.24, 2.45) is 0 Å². The molecule has 5 rings (SSSR count). The fourth-order valence-corrected chi connectivity index (χ4v) is 4.67. The zero-order valence-electron chi connectivity index (χ0n) is 20.6. The Balaban J connectivity index is 1.67. The molecule has 0 saturated heterocycles. The SMILES string of the molecule is COc1cccc([C@H]2O[C@H](Cn3nnc(CCC(=O)O)n3)c3nnc(C(F)(F)F)n3-c3ccc(Cl)cc32)c1C. The number of fused-ring (bicyclic) bond motifs is 3. The summed E-state index contributed by atoms with van der Waals surface area (Å²) in [6, 6.07) is 9.80. The zero-order valence-corrected chi connectivity index (χ0v) is 21.3. The van der Waals surface area contributed by atoms with Gasteiger partial charge >= 0.3 is 12.1 Å². The van der Waals surface area contributed by atoms with Gasteiger partial charge in [0, 0.05) is 17.0 Å². The van der Waals surface area contributed by atoms with Crippen molar-refractivity contribution < 1.29 is 32.5 Å². The zero-order chi connectivity index (χ0) is 27.9. The van der Waals surface area contributed by atoms with E-state index in [-0.39, 0.29) is 36.7 Å². The summed E-state index contributed by atoms with van der Waals surface area (Å²) in [6.45, 7) is 1.63. The molecule has 11 nitrogen and oxygen atoms in total. The maximum absolute atomic E-state index is 14.1. The molecule has 15 heteroatoms. The van der Waals surface area contributed by atoms with Crippen LogP contribution in [0.15, 0.2) is 36.4 Å². The minimum atomic E-state index is -4.83. The van der Waals surface area contributed by atoms with Crippen LogP contribution in [-0.4, -0.2) is 53.2 Å². The molecule has 1 aliphatic heterocycles. The molecule has 0 radical (unpaired) electrons. The fourth-order valence-electron chi connectivity index (χ4n) is 4.49. The van der Waals surface area contributed by atoms with E-state index in [1.165, 1.54) is 19.2 Å². The van der Waals surface area contributed by atoms with Crippen LogP contribution in [0.4, 0.5) is 13.2 Å². The number of ether oxygens (including phenoxy) is 2. The van der Waals surface area contributed by atoms with Crippen molar-refractivity contribution in [2.45, 2.75) is 44.7 Å². The van der Waals surface area contributed by atoms with E-state index in [0.29, 0.717) is 21.9 Å². The van der Waals surface area contributed by atoms with E-state index in [2.05, 4.69) is 25.6 Å². The van der Waals surface area contributed by atoms with Gasteiger partial charge in [0.1, 0.15) is 18.0 Å². The van der Waals surface area contributed by atoms with Gasteiger partial charge in [-0.3, -0.25) is 9.36 Å². The van der Waals surface area contributed by atoms with Gasteiger partial charge in [0.05, 0.1) is 25.8 Å². The van der Waals surface area contributed by atoms with Crippen molar-refractivity contribution in [2.75, 3.05) is 7.11 Å². The third-order valence-electron chi connectivity index (χ3n) is 6.26. The van der Waals surface area contributed by atoms with Gasteiger partial charge in [-0.1, -0.05) is 23.7 Å². The van der Waals surface area contributed by atoms with Gasteiger partial charge in [-0.25, -0.2) is 0 Å². The first-order valence-corrected chi connectivity index (χ1v) is 12.0. The third-order valence-corrected chi connectivity index (χ3v) is 6.49. The van der Waals surface area contributed by atoms with Crippen LogP contribution >= 0.6 is 11.6 Å². The molecule has 4 aromatic rings. The van der Waals surface area contributed by atoms with E-state index in [4.69, 9.17) is 26.2 Å². The lowest BCUT2D eigenvalue weighted by Gasteiger charge is -2.24. The lowest BCUT2D eigenvalue weighted by Crippen LogP contribution is -2.20. The summed E-state index contributed by atoms with van der Waals surface area (Å²) in [5.74, 6) is -1.65. The quantitative estimate of drug-likeness (QED) is 0.353. The Morgan fingerprint density at radius 1 is 1.18 bits per heavy atom. The van der Waals surface area contributed by atoms with Gasteiger partial charge in [-0.2, -0.15) is 18.0 Å². The van der Waals surface area contributed by atoms with Crippen LogP contribution < -0.4 is 4.74 Å². The standard InChI is InChI=1S/C24H21ClF3N7O4/c1-12-14(4-3-5-17(12)38-2)21-15-10-13(25)6-7-16(15)35-22(30-31-23(35)24(26,27)28)18(39-21)11-34-32-19(29-33-34)8-9-20(36)37/h3-7,10,18,21H,8-9,11H2,1-2H3,(H,36,37)/t18-,21-/m1/s1. The number of halogens is 4. The maximum atomic E-state index is 14.1. The molecule has 1 N–H and O–H groups in total. The summed E-state index contributed by atoms with van der Waals surface area (Å²) in [5.41, 5.74) is 1.87. The van der Waals surface area contributed by atoms with Gasteiger partial charge < -0.3 is 14.6 Å². The van der Waals surface area contributed by atoms with E-state index in [9.17, 15) is 18.0 Å². The number of rotatable bonds is 7. The second-order valence-electron chi connectivity index (χ2n) is 8.75. The molecule has 39 heavy (non-hydrogen) atoms. The van der Waals surface area contributed by atoms with Crippen LogP contribution in [0.3, 0.4) is 0 Å². The molecule has 3 heterocycles. The molecule has 1 aliphatic rings. The summed E-state index contributed by atoms with van der Waals surface area (Å²) >= 11 is 6.32. The summed E-state index contributed by atoms with van der Waals surface area (Å²) in [5, 5.41) is 28.5. The first-order chi connectivity index (χ1) is 18.6. The smallest absolute Gasteiger partial charge is 0.452 e. The minimum absolute atomic E-state index is 0.0326.